The summed E-state index contributed by atoms with van der Waals surface area (Å²) in [5.74, 6) is 0. The predicted molar refractivity (Wildman–Crippen MR) is 341 cm³/mol. The Labute approximate surface area is 464 Å². The van der Waals surface area contributed by atoms with Gasteiger partial charge in [0.1, 0.15) is 0 Å². The highest BCUT2D eigenvalue weighted by atomic mass is 14.2. The van der Waals surface area contributed by atoms with Crippen LogP contribution in [0.1, 0.15) is 188 Å². The number of aryl methyl sites for hydroxylation is 18. The monoisotopic (exact) mass is 1010 g/mol. The van der Waals surface area contributed by atoms with Gasteiger partial charge in [-0.3, -0.25) is 0 Å². The Morgan fingerprint density at radius 1 is 0.187 bits per heavy atom. The van der Waals surface area contributed by atoms with Crippen LogP contribution in [0.15, 0.2) is 72.8 Å². The summed E-state index contributed by atoms with van der Waals surface area (Å²) in [6, 6.07) is 26.5. The van der Waals surface area contributed by atoms with Crippen molar-refractivity contribution in [1.29, 1.82) is 0 Å². The summed E-state index contributed by atoms with van der Waals surface area (Å²) in [6.45, 7) is 65.5. The average molecular weight is 1010 g/mol. The van der Waals surface area contributed by atoms with Crippen molar-refractivity contribution in [1.82, 2.24) is 0 Å². The summed E-state index contributed by atoms with van der Waals surface area (Å²) < 4.78 is 0. The van der Waals surface area contributed by atoms with Crippen LogP contribution in [-0.2, 0) is 19.3 Å². The zero-order chi connectivity index (χ0) is 57.9. The second kappa shape index (κ2) is 31.6. The summed E-state index contributed by atoms with van der Waals surface area (Å²) in [5.41, 5.74) is 42.9. The van der Waals surface area contributed by atoms with E-state index < -0.39 is 0 Å². The predicted octanol–water partition coefficient (Wildman–Crippen LogP) is 21.8. The third-order valence-corrected chi connectivity index (χ3v) is 16.8. The van der Waals surface area contributed by atoms with E-state index in [1.165, 1.54) is 169 Å². The molecule has 0 radical (unpaired) electrons. The maximum absolute atomic E-state index is 2.34. The van der Waals surface area contributed by atoms with Gasteiger partial charge in [-0.05, 0) is 362 Å². The summed E-state index contributed by atoms with van der Waals surface area (Å²) >= 11 is 0. The Bertz CT molecular complexity index is 2550. The second-order valence-corrected chi connectivity index (χ2v) is 22.4. The Kier molecular flexibility index (Phi) is 28.4. The van der Waals surface area contributed by atoms with Gasteiger partial charge in [0.05, 0.1) is 0 Å². The van der Waals surface area contributed by atoms with Crippen LogP contribution in [0.5, 0.6) is 0 Å². The summed E-state index contributed by atoms with van der Waals surface area (Å²) in [6.07, 6.45) is 3.51. The summed E-state index contributed by atoms with van der Waals surface area (Å²) in [4.78, 5) is 0. The molecule has 0 aliphatic rings. The molecule has 0 aliphatic carbocycles. The highest BCUT2D eigenvalue weighted by Crippen LogP contribution is 2.26. The van der Waals surface area contributed by atoms with E-state index in [0.717, 1.165) is 0 Å². The molecule has 0 atom stereocenters. The molecule has 0 heterocycles. The lowest BCUT2D eigenvalue weighted by molar-refractivity contribution is 0.955. The number of rotatable bonds is 3. The van der Waals surface area contributed by atoms with Gasteiger partial charge in [0.2, 0.25) is 0 Å². The first kappa shape index (κ1) is 67.6. The minimum absolute atomic E-state index is 1.17. The first-order valence-electron chi connectivity index (χ1n) is 28.1. The van der Waals surface area contributed by atoms with Crippen LogP contribution in [-0.4, -0.2) is 0 Å². The molecule has 7 aromatic carbocycles. The second-order valence-electron chi connectivity index (χ2n) is 22.4. The fourth-order valence-electron chi connectivity index (χ4n) is 9.83. The van der Waals surface area contributed by atoms with Crippen LogP contribution in [0.2, 0.25) is 0 Å². The van der Waals surface area contributed by atoms with E-state index in [0.29, 0.717) is 0 Å². The average Bonchev–Trinajstić information content (AvgIpc) is 3.34. The van der Waals surface area contributed by atoms with E-state index in [-0.39, 0.29) is 0 Å². The maximum Gasteiger partial charge on any atom is -0.0302 e. The Morgan fingerprint density at radius 3 is 0.520 bits per heavy atom. The lowest BCUT2D eigenvalue weighted by Gasteiger charge is -2.17. The van der Waals surface area contributed by atoms with E-state index in [9.17, 15) is 0 Å². The highest BCUT2D eigenvalue weighted by Gasteiger charge is 2.10. The number of hydrogen-bond acceptors (Lipinski definition) is 0. The smallest absolute Gasteiger partial charge is 0.0302 e. The van der Waals surface area contributed by atoms with Crippen molar-refractivity contribution in [3.05, 3.63) is 240 Å². The quantitative estimate of drug-likeness (QED) is 0.165. The SMILES string of the molecule is CCc1c(C)cc(C)c(CC)c1CC.Cc1cc(C)c(C)c(C)c1C.Cc1cc(C)c(C)c(C)c1C.Cc1cc(C)c(C)c(C)c1C.Cc1cc(C)c(C)cc1C.Cc1cc(C)c(C)cc1C.Cc1cccc(C)c1. The van der Waals surface area contributed by atoms with E-state index in [4.69, 9.17) is 0 Å². The zero-order valence-electron chi connectivity index (χ0n) is 54.0. The van der Waals surface area contributed by atoms with Crippen molar-refractivity contribution < 1.29 is 0 Å². The van der Waals surface area contributed by atoms with Crippen LogP contribution in [0.3, 0.4) is 0 Å². The van der Waals surface area contributed by atoms with Gasteiger partial charge < -0.3 is 0 Å². The molecule has 0 bridgehead atoms. The maximum atomic E-state index is 2.34. The molecule has 0 nitrogen and oxygen atoms in total. The van der Waals surface area contributed by atoms with Gasteiger partial charge in [-0.2, -0.15) is 0 Å². The van der Waals surface area contributed by atoms with Crippen molar-refractivity contribution in [3.8, 4) is 0 Å². The van der Waals surface area contributed by atoms with Crippen molar-refractivity contribution in [3.63, 3.8) is 0 Å². The molecule has 0 saturated heterocycles. The van der Waals surface area contributed by atoms with Crippen molar-refractivity contribution >= 4 is 0 Å². The van der Waals surface area contributed by atoms with Gasteiger partial charge >= 0.3 is 0 Å². The third-order valence-electron chi connectivity index (χ3n) is 16.8. The molecular weight excluding hydrogens is 901 g/mol. The van der Waals surface area contributed by atoms with Gasteiger partial charge in [0, 0.05) is 0 Å². The summed E-state index contributed by atoms with van der Waals surface area (Å²) in [7, 11) is 0. The van der Waals surface area contributed by atoms with Gasteiger partial charge in [-0.25, -0.2) is 0 Å². The van der Waals surface area contributed by atoms with E-state index >= 15 is 0 Å². The van der Waals surface area contributed by atoms with Gasteiger partial charge in [-0.1, -0.05) is 105 Å². The normalized spacial score (nSPS) is 10.2. The van der Waals surface area contributed by atoms with Crippen molar-refractivity contribution in [2.45, 2.75) is 227 Å². The molecular formula is C75H108. The van der Waals surface area contributed by atoms with Crippen molar-refractivity contribution in [2.75, 3.05) is 0 Å². The van der Waals surface area contributed by atoms with Crippen LogP contribution in [0.25, 0.3) is 0 Å². The number of benzene rings is 7. The molecule has 7 aromatic rings. The topological polar surface area (TPSA) is 0 Å². The molecule has 0 spiro atoms. The van der Waals surface area contributed by atoms with E-state index in [1.54, 1.807) is 16.7 Å². The first-order chi connectivity index (χ1) is 34.8. The molecule has 0 unspecified atom stereocenters. The largest absolute Gasteiger partial charge is 0.0617 e. The summed E-state index contributed by atoms with van der Waals surface area (Å²) in [5, 5.41) is 0. The zero-order valence-corrected chi connectivity index (χ0v) is 54.0. The van der Waals surface area contributed by atoms with Crippen LogP contribution in [0.4, 0.5) is 0 Å². The lowest BCUT2D eigenvalue weighted by atomic mass is 9.89. The Morgan fingerprint density at radius 2 is 0.360 bits per heavy atom. The Balaban J connectivity index is 0.000000440. The van der Waals surface area contributed by atoms with Crippen LogP contribution >= 0.6 is 0 Å². The highest BCUT2D eigenvalue weighted by molar-refractivity contribution is 5.47. The van der Waals surface area contributed by atoms with Crippen LogP contribution < -0.4 is 0 Å². The van der Waals surface area contributed by atoms with E-state index in [2.05, 4.69) is 281 Å². The minimum Gasteiger partial charge on any atom is -0.0617 e. The fraction of sp³-hybridized carbons (Fsp3) is 0.440. The van der Waals surface area contributed by atoms with Crippen molar-refractivity contribution in [2.24, 2.45) is 0 Å². The molecule has 408 valence electrons. The Hall–Kier alpha value is -5.46. The first-order valence-corrected chi connectivity index (χ1v) is 28.1. The molecule has 0 N–H and O–H groups in total. The minimum atomic E-state index is 1.17. The van der Waals surface area contributed by atoms with Crippen LogP contribution in [0, 0.1) is 187 Å². The van der Waals surface area contributed by atoms with Gasteiger partial charge in [-0.15, -0.1) is 0 Å². The fourth-order valence-corrected chi connectivity index (χ4v) is 9.83. The number of hydrogen-bond donors (Lipinski definition) is 0. The van der Waals surface area contributed by atoms with E-state index in [1.807, 2.05) is 0 Å². The molecule has 0 heteroatoms. The molecule has 7 rings (SSSR count). The molecule has 0 aliphatic heterocycles. The standard InChI is InChI=1S/C14H22.3C11H16.2C10H14.C8H10/c1-6-12-10(4)9-11(5)13(7-2)14(12)8-3;3*1-7-6-8(2)10(4)11(5)9(7)3;2*1-7-5-9(3)10(4)6-8(7)2;1-7-4-3-5-8(2)6-7/h9H,6-8H2,1-5H3;3*6H,1-5H3;2*5-6H,1-4H3;3-6H,1-2H3. The van der Waals surface area contributed by atoms with Gasteiger partial charge in [0.25, 0.3) is 0 Å². The van der Waals surface area contributed by atoms with Gasteiger partial charge in [0.15, 0.2) is 0 Å². The molecule has 0 saturated carbocycles. The molecule has 0 fully saturated rings. The third kappa shape index (κ3) is 20.2. The molecule has 0 amide bonds. The molecule has 75 heavy (non-hydrogen) atoms. The molecule has 0 aromatic heterocycles. The lowest BCUT2D eigenvalue weighted by Crippen LogP contribution is -2.03.